The molecule has 0 aliphatic carbocycles. The van der Waals surface area contributed by atoms with Gasteiger partial charge in [-0.2, -0.15) is 0 Å². The number of nitrogens with one attached hydrogen (secondary N) is 1. The van der Waals surface area contributed by atoms with Crippen molar-refractivity contribution in [3.63, 3.8) is 0 Å². The Morgan fingerprint density at radius 3 is 2.59 bits per heavy atom. The second kappa shape index (κ2) is 13.2. The van der Waals surface area contributed by atoms with Crippen LogP contribution in [0, 0.1) is 5.82 Å². The van der Waals surface area contributed by atoms with E-state index in [1.54, 1.807) is 65.6 Å². The molecule has 1 aromatic heterocycles. The highest BCUT2D eigenvalue weighted by Crippen LogP contribution is 2.41. The number of thioether (sulfide) groups is 1. The number of furan rings is 1. The number of amides is 3. The molecule has 2 aliphatic rings. The third-order valence-electron chi connectivity index (χ3n) is 7.33. The molecule has 3 heterocycles. The minimum atomic E-state index is -0.592. The van der Waals surface area contributed by atoms with Crippen molar-refractivity contribution in [1.82, 2.24) is 9.80 Å². The molecule has 11 heteroatoms. The highest BCUT2D eigenvalue weighted by Gasteiger charge is 2.40. The molecule has 2 fully saturated rings. The fourth-order valence-corrected chi connectivity index (χ4v) is 6.33. The second-order valence-corrected chi connectivity index (χ2v) is 11.4. The van der Waals surface area contributed by atoms with E-state index in [1.807, 2.05) is 18.2 Å². The van der Waals surface area contributed by atoms with Crippen LogP contribution in [0.15, 0.2) is 107 Å². The number of likely N-dealkylation sites (tertiary alicyclic amines) is 1. The summed E-state index contributed by atoms with van der Waals surface area (Å²) in [4.78, 5) is 47.2. The maximum absolute atomic E-state index is 13.8. The number of carbonyl (C=O) groups is 3. The van der Waals surface area contributed by atoms with Gasteiger partial charge in [0.05, 0.1) is 18.5 Å². The predicted octanol–water partition coefficient (Wildman–Crippen LogP) is 5.93. The minimum absolute atomic E-state index is 0.142. The first-order chi connectivity index (χ1) is 21.4. The van der Waals surface area contributed by atoms with Gasteiger partial charge in [0.25, 0.3) is 5.91 Å². The molecular formula is C33H29FN4O5S. The lowest BCUT2D eigenvalue weighted by Gasteiger charge is -2.24. The van der Waals surface area contributed by atoms with Crippen LogP contribution in [0.1, 0.15) is 29.4 Å². The van der Waals surface area contributed by atoms with Crippen molar-refractivity contribution in [3.8, 4) is 5.75 Å². The number of benzene rings is 3. The Morgan fingerprint density at radius 2 is 1.84 bits per heavy atom. The first-order valence-corrected chi connectivity index (χ1v) is 15.1. The van der Waals surface area contributed by atoms with Gasteiger partial charge in [-0.15, -0.1) is 0 Å². The van der Waals surface area contributed by atoms with Crippen molar-refractivity contribution in [1.29, 1.82) is 0 Å². The molecule has 224 valence electrons. The van der Waals surface area contributed by atoms with Gasteiger partial charge in [0.1, 0.15) is 28.6 Å². The summed E-state index contributed by atoms with van der Waals surface area (Å²) in [5, 5.41) is 2.75. The van der Waals surface area contributed by atoms with E-state index in [-0.39, 0.29) is 30.9 Å². The van der Waals surface area contributed by atoms with Crippen LogP contribution < -0.4 is 10.1 Å². The van der Waals surface area contributed by atoms with Crippen LogP contribution in [0.5, 0.6) is 5.75 Å². The topological polar surface area (TPSA) is 104 Å². The normalized spacial score (nSPS) is 19.0. The molecule has 0 radical (unpaired) electrons. The van der Waals surface area contributed by atoms with Gasteiger partial charge in [0.15, 0.2) is 11.8 Å². The maximum atomic E-state index is 13.8. The summed E-state index contributed by atoms with van der Waals surface area (Å²) in [6.45, 7) is 0.532. The zero-order valence-corrected chi connectivity index (χ0v) is 24.4. The molecule has 0 saturated carbocycles. The highest BCUT2D eigenvalue weighted by molar-refractivity contribution is 8.15. The summed E-state index contributed by atoms with van der Waals surface area (Å²) in [7, 11) is 0. The Morgan fingerprint density at radius 1 is 1.02 bits per heavy atom. The molecule has 3 aromatic carbocycles. The molecule has 2 aliphatic heterocycles. The molecule has 1 N–H and O–H groups in total. The molecule has 6 rings (SSSR count). The van der Waals surface area contributed by atoms with Crippen molar-refractivity contribution in [3.05, 3.63) is 114 Å². The molecule has 44 heavy (non-hydrogen) atoms. The van der Waals surface area contributed by atoms with Crippen LogP contribution in [0.2, 0.25) is 0 Å². The van der Waals surface area contributed by atoms with E-state index in [0.717, 1.165) is 12.0 Å². The Labute approximate surface area is 257 Å². The standard InChI is InChI=1S/C33H29FN4O5S/c34-23-7-4-8-25(19-23)36-33-38(20-27-11-6-18-42-27)32(41)30(44-33)22-13-15-24(16-14-22)35-31(40)28-12-5-17-37(28)29(39)21-43-26-9-2-1-3-10-26/h1-4,6-11,13-16,18-19,28,30H,5,12,17,20-21H2,(H,35,40)/t28-,30?/m1/s1. The first-order valence-electron chi connectivity index (χ1n) is 14.2. The molecule has 0 spiro atoms. The number of aliphatic imine (C=N–C) groups is 1. The Hall–Kier alpha value is -4.90. The molecule has 0 bridgehead atoms. The Kier molecular flexibility index (Phi) is 8.74. The minimum Gasteiger partial charge on any atom is -0.484 e. The van der Waals surface area contributed by atoms with Crippen LogP contribution >= 0.6 is 11.8 Å². The molecule has 9 nitrogen and oxygen atoms in total. The number of rotatable bonds is 9. The summed E-state index contributed by atoms with van der Waals surface area (Å²) in [5.41, 5.74) is 1.67. The zero-order chi connectivity index (χ0) is 30.5. The van der Waals surface area contributed by atoms with E-state index >= 15 is 0 Å². The summed E-state index contributed by atoms with van der Waals surface area (Å²) in [6, 6.07) is 24.9. The number of halogens is 1. The molecule has 2 atom stereocenters. The maximum Gasteiger partial charge on any atom is 0.261 e. The fraction of sp³-hybridized carbons (Fsp3) is 0.212. The van der Waals surface area contributed by atoms with Crippen molar-refractivity contribution < 1.29 is 27.9 Å². The van der Waals surface area contributed by atoms with Crippen LogP contribution in [-0.2, 0) is 20.9 Å². The highest BCUT2D eigenvalue weighted by atomic mass is 32.2. The predicted molar refractivity (Wildman–Crippen MR) is 165 cm³/mol. The van der Waals surface area contributed by atoms with Gasteiger partial charge >= 0.3 is 0 Å². The number of para-hydroxylation sites is 1. The third-order valence-corrected chi connectivity index (χ3v) is 8.57. The fourth-order valence-electron chi connectivity index (χ4n) is 5.16. The SMILES string of the molecule is O=C(Nc1ccc(C2SC(=Nc3cccc(F)c3)N(Cc3ccco3)C2=O)cc1)[C@H]1CCCN1C(=O)COc1ccccc1. The van der Waals surface area contributed by atoms with Gasteiger partial charge in [-0.3, -0.25) is 19.3 Å². The van der Waals surface area contributed by atoms with E-state index < -0.39 is 17.1 Å². The summed E-state index contributed by atoms with van der Waals surface area (Å²) in [5.74, 6) is 0.0686. The number of hydrogen-bond acceptors (Lipinski definition) is 7. The Balaban J connectivity index is 1.12. The van der Waals surface area contributed by atoms with Crippen LogP contribution in [-0.4, -0.2) is 51.9 Å². The van der Waals surface area contributed by atoms with Gasteiger partial charge in [-0.1, -0.05) is 48.2 Å². The molecule has 3 amide bonds. The monoisotopic (exact) mass is 612 g/mol. The summed E-state index contributed by atoms with van der Waals surface area (Å²) >= 11 is 1.27. The molecule has 4 aromatic rings. The van der Waals surface area contributed by atoms with E-state index in [2.05, 4.69) is 10.3 Å². The van der Waals surface area contributed by atoms with Gasteiger partial charge in [0.2, 0.25) is 11.8 Å². The average Bonchev–Trinajstić information content (AvgIpc) is 3.80. The lowest BCUT2D eigenvalue weighted by atomic mass is 10.1. The largest absolute Gasteiger partial charge is 0.484 e. The quantitative estimate of drug-likeness (QED) is 0.251. The number of anilines is 1. The summed E-state index contributed by atoms with van der Waals surface area (Å²) in [6.07, 6.45) is 2.83. The van der Waals surface area contributed by atoms with Gasteiger partial charge in [-0.05, 0) is 73.0 Å². The van der Waals surface area contributed by atoms with Crippen LogP contribution in [0.4, 0.5) is 15.8 Å². The smallest absolute Gasteiger partial charge is 0.261 e. The molecule has 2 saturated heterocycles. The van der Waals surface area contributed by atoms with Crippen molar-refractivity contribution in [2.75, 3.05) is 18.5 Å². The lowest BCUT2D eigenvalue weighted by Crippen LogP contribution is -2.45. The van der Waals surface area contributed by atoms with Crippen molar-refractivity contribution in [2.45, 2.75) is 30.7 Å². The van der Waals surface area contributed by atoms with E-state index in [9.17, 15) is 18.8 Å². The number of ether oxygens (including phenoxy) is 1. The van der Waals surface area contributed by atoms with E-state index in [0.29, 0.717) is 41.0 Å². The molecular weight excluding hydrogens is 583 g/mol. The number of nitrogens with zero attached hydrogens (tertiary/aromatic N) is 3. The van der Waals surface area contributed by atoms with E-state index in [4.69, 9.17) is 9.15 Å². The van der Waals surface area contributed by atoms with E-state index in [1.165, 1.54) is 35.1 Å². The second-order valence-electron chi connectivity index (χ2n) is 10.3. The number of carbonyl (C=O) groups excluding carboxylic acids is 3. The van der Waals surface area contributed by atoms with Gasteiger partial charge in [-0.25, -0.2) is 9.38 Å². The third kappa shape index (κ3) is 6.68. The number of hydrogen-bond donors (Lipinski definition) is 1. The number of amidine groups is 1. The van der Waals surface area contributed by atoms with Crippen molar-refractivity contribution >= 4 is 46.0 Å². The zero-order valence-electron chi connectivity index (χ0n) is 23.6. The summed E-state index contributed by atoms with van der Waals surface area (Å²) < 4.78 is 24.9. The Bertz CT molecular complexity index is 1660. The van der Waals surface area contributed by atoms with Gasteiger partial charge in [0, 0.05) is 12.2 Å². The lowest BCUT2D eigenvalue weighted by molar-refractivity contribution is -0.138. The van der Waals surface area contributed by atoms with Crippen LogP contribution in [0.3, 0.4) is 0 Å². The molecule has 1 unspecified atom stereocenters. The first kappa shape index (κ1) is 29.2. The average molecular weight is 613 g/mol. The van der Waals surface area contributed by atoms with Crippen molar-refractivity contribution in [2.24, 2.45) is 4.99 Å². The van der Waals surface area contributed by atoms with Crippen LogP contribution in [0.25, 0.3) is 0 Å². The van der Waals surface area contributed by atoms with Gasteiger partial charge < -0.3 is 19.4 Å².